The Morgan fingerprint density at radius 1 is 1.45 bits per heavy atom. The van der Waals surface area contributed by atoms with Gasteiger partial charge in [-0.15, -0.1) is 0 Å². The molecule has 1 N–H and O–H groups in total. The Kier molecular flexibility index (Phi) is 5.50. The van der Waals surface area contributed by atoms with Crippen molar-refractivity contribution in [1.29, 1.82) is 0 Å². The minimum atomic E-state index is 0.250. The van der Waals surface area contributed by atoms with Crippen molar-refractivity contribution < 1.29 is 4.74 Å². The largest absolute Gasteiger partial charge is 0.501 e. The van der Waals surface area contributed by atoms with Crippen molar-refractivity contribution in [3.05, 3.63) is 11.8 Å². The van der Waals surface area contributed by atoms with E-state index >= 15 is 0 Å². The molecule has 3 atom stereocenters. The van der Waals surface area contributed by atoms with Crippen LogP contribution in [0.25, 0.3) is 0 Å². The van der Waals surface area contributed by atoms with E-state index < -0.39 is 0 Å². The minimum Gasteiger partial charge on any atom is -0.501 e. The molecule has 116 valence electrons. The van der Waals surface area contributed by atoms with E-state index in [-0.39, 0.29) is 5.54 Å². The molecule has 0 aromatic rings. The fraction of sp³-hybridized carbons (Fsp3) is 0.882. The highest BCUT2D eigenvalue weighted by Crippen LogP contribution is 2.41. The molecule has 0 radical (unpaired) electrons. The fourth-order valence-electron chi connectivity index (χ4n) is 4.16. The summed E-state index contributed by atoms with van der Waals surface area (Å²) in [5.74, 6) is 0.817. The number of likely N-dealkylation sites (N-methyl/N-ethyl adjacent to an activating group) is 2. The molecule has 2 rings (SSSR count). The molecule has 0 amide bonds. The van der Waals surface area contributed by atoms with Crippen LogP contribution in [0.2, 0.25) is 0 Å². The quantitative estimate of drug-likeness (QED) is 0.837. The predicted octanol–water partition coefficient (Wildman–Crippen LogP) is 3.17. The van der Waals surface area contributed by atoms with Crippen molar-refractivity contribution in [2.24, 2.45) is 5.92 Å². The third kappa shape index (κ3) is 3.20. The summed E-state index contributed by atoms with van der Waals surface area (Å²) in [6.45, 7) is 6.53. The highest BCUT2D eigenvalue weighted by atomic mass is 16.5. The molecule has 1 fully saturated rings. The lowest BCUT2D eigenvalue weighted by Gasteiger charge is -2.51. The molecule has 0 aromatic carbocycles. The lowest BCUT2D eigenvalue weighted by molar-refractivity contribution is 0.0451. The molecule has 1 heterocycles. The topological polar surface area (TPSA) is 24.5 Å². The van der Waals surface area contributed by atoms with Crippen LogP contribution in [-0.4, -0.2) is 43.7 Å². The Morgan fingerprint density at radius 2 is 2.25 bits per heavy atom. The summed E-state index contributed by atoms with van der Waals surface area (Å²) in [6.07, 6.45) is 9.68. The van der Waals surface area contributed by atoms with Gasteiger partial charge in [0.05, 0.1) is 12.9 Å². The summed E-state index contributed by atoms with van der Waals surface area (Å²) in [6, 6.07) is 0.436. The van der Waals surface area contributed by atoms with Crippen LogP contribution in [0.3, 0.4) is 0 Å². The van der Waals surface area contributed by atoms with E-state index in [2.05, 4.69) is 38.2 Å². The van der Waals surface area contributed by atoms with Gasteiger partial charge >= 0.3 is 0 Å². The van der Waals surface area contributed by atoms with Gasteiger partial charge in [0.15, 0.2) is 0 Å². The maximum absolute atomic E-state index is 5.63. The first-order chi connectivity index (χ1) is 9.60. The van der Waals surface area contributed by atoms with E-state index in [0.717, 1.165) is 25.5 Å². The zero-order valence-corrected chi connectivity index (χ0v) is 13.7. The third-order valence-corrected chi connectivity index (χ3v) is 5.18. The fourth-order valence-corrected chi connectivity index (χ4v) is 4.16. The van der Waals surface area contributed by atoms with E-state index in [4.69, 9.17) is 4.74 Å². The number of hydrogen-bond donors (Lipinski definition) is 1. The van der Waals surface area contributed by atoms with Gasteiger partial charge in [-0.25, -0.2) is 0 Å². The van der Waals surface area contributed by atoms with Crippen molar-refractivity contribution in [1.82, 2.24) is 10.2 Å². The Morgan fingerprint density at radius 3 is 2.80 bits per heavy atom. The second-order valence-electron chi connectivity index (χ2n) is 6.86. The minimum absolute atomic E-state index is 0.250. The van der Waals surface area contributed by atoms with Crippen molar-refractivity contribution >= 4 is 0 Å². The Labute approximate surface area is 124 Å². The Balaban J connectivity index is 2.29. The van der Waals surface area contributed by atoms with Crippen molar-refractivity contribution in [3.8, 4) is 0 Å². The number of nitrogens with one attached hydrogen (secondary N) is 1. The lowest BCUT2D eigenvalue weighted by Crippen LogP contribution is -2.61. The van der Waals surface area contributed by atoms with Crippen LogP contribution >= 0.6 is 0 Å². The standard InChI is InChI=1S/C17H32N2O/c1-5-18-16(15-9-7-11-20-13-15)17(19(3)4)10-6-8-14(2)12-17/h13-14,16,18H,5-12H2,1-4H3. The highest BCUT2D eigenvalue weighted by Gasteiger charge is 2.45. The van der Waals surface area contributed by atoms with Gasteiger partial charge in [0.25, 0.3) is 0 Å². The zero-order valence-electron chi connectivity index (χ0n) is 13.7. The molecule has 1 aliphatic carbocycles. The molecule has 3 unspecified atom stereocenters. The number of ether oxygens (including phenoxy) is 1. The summed E-state index contributed by atoms with van der Waals surface area (Å²) in [7, 11) is 4.51. The van der Waals surface area contributed by atoms with Crippen LogP contribution in [-0.2, 0) is 4.74 Å². The van der Waals surface area contributed by atoms with E-state index in [1.807, 2.05) is 6.26 Å². The maximum atomic E-state index is 5.63. The van der Waals surface area contributed by atoms with Gasteiger partial charge in [0, 0.05) is 11.6 Å². The summed E-state index contributed by atoms with van der Waals surface area (Å²) in [5.41, 5.74) is 1.72. The van der Waals surface area contributed by atoms with Gasteiger partial charge in [0.2, 0.25) is 0 Å². The number of rotatable bonds is 5. The monoisotopic (exact) mass is 280 g/mol. The molecule has 3 nitrogen and oxygen atoms in total. The van der Waals surface area contributed by atoms with Crippen molar-refractivity contribution in [2.45, 2.75) is 64.0 Å². The van der Waals surface area contributed by atoms with Crippen LogP contribution in [0, 0.1) is 5.92 Å². The molecule has 0 aromatic heterocycles. The molecule has 1 aliphatic heterocycles. The molecule has 1 saturated carbocycles. The highest BCUT2D eigenvalue weighted by molar-refractivity contribution is 5.20. The summed E-state index contributed by atoms with van der Waals surface area (Å²) in [5, 5.41) is 3.77. The van der Waals surface area contributed by atoms with Gasteiger partial charge in [-0.3, -0.25) is 0 Å². The second-order valence-corrected chi connectivity index (χ2v) is 6.86. The Bertz CT molecular complexity index is 340. The molecule has 0 bridgehead atoms. The first-order valence-electron chi connectivity index (χ1n) is 8.31. The molecule has 20 heavy (non-hydrogen) atoms. The summed E-state index contributed by atoms with van der Waals surface area (Å²) < 4.78 is 5.63. The smallest absolute Gasteiger partial charge is 0.0876 e. The van der Waals surface area contributed by atoms with Crippen molar-refractivity contribution in [2.75, 3.05) is 27.2 Å². The molecule has 2 aliphatic rings. The van der Waals surface area contributed by atoms with E-state index in [1.165, 1.54) is 37.7 Å². The molecule has 3 heteroatoms. The van der Waals surface area contributed by atoms with Crippen LogP contribution in [0.4, 0.5) is 0 Å². The van der Waals surface area contributed by atoms with Crippen LogP contribution in [0.15, 0.2) is 11.8 Å². The zero-order chi connectivity index (χ0) is 14.6. The van der Waals surface area contributed by atoms with Crippen LogP contribution < -0.4 is 5.32 Å². The van der Waals surface area contributed by atoms with Crippen LogP contribution in [0.5, 0.6) is 0 Å². The second kappa shape index (κ2) is 6.95. The number of hydrogen-bond acceptors (Lipinski definition) is 3. The van der Waals surface area contributed by atoms with Crippen molar-refractivity contribution in [3.63, 3.8) is 0 Å². The van der Waals surface area contributed by atoms with Gasteiger partial charge in [-0.2, -0.15) is 0 Å². The summed E-state index contributed by atoms with van der Waals surface area (Å²) in [4.78, 5) is 2.48. The van der Waals surface area contributed by atoms with E-state index in [0.29, 0.717) is 6.04 Å². The molecule has 0 saturated heterocycles. The van der Waals surface area contributed by atoms with Gasteiger partial charge in [0.1, 0.15) is 0 Å². The molecule has 0 spiro atoms. The van der Waals surface area contributed by atoms with Gasteiger partial charge in [-0.1, -0.05) is 26.7 Å². The first kappa shape index (κ1) is 15.8. The SMILES string of the molecule is CCNC(C1=COCCC1)C1(N(C)C)CCCC(C)C1. The first-order valence-corrected chi connectivity index (χ1v) is 8.31. The van der Waals surface area contributed by atoms with E-state index in [9.17, 15) is 0 Å². The average Bonchev–Trinajstić information content (AvgIpc) is 2.45. The summed E-state index contributed by atoms with van der Waals surface area (Å²) >= 11 is 0. The third-order valence-electron chi connectivity index (χ3n) is 5.18. The normalized spacial score (nSPS) is 32.6. The molecular formula is C17H32N2O. The van der Waals surface area contributed by atoms with Gasteiger partial charge < -0.3 is 15.0 Å². The number of nitrogens with zero attached hydrogens (tertiary/aromatic N) is 1. The maximum Gasteiger partial charge on any atom is 0.0876 e. The molecular weight excluding hydrogens is 248 g/mol. The average molecular weight is 280 g/mol. The Hall–Kier alpha value is -0.540. The van der Waals surface area contributed by atoms with Crippen LogP contribution in [0.1, 0.15) is 52.4 Å². The lowest BCUT2D eigenvalue weighted by atomic mass is 9.69. The van der Waals surface area contributed by atoms with Gasteiger partial charge in [-0.05, 0) is 57.8 Å². The predicted molar refractivity (Wildman–Crippen MR) is 84.8 cm³/mol. The van der Waals surface area contributed by atoms with E-state index in [1.54, 1.807) is 0 Å².